The van der Waals surface area contributed by atoms with Gasteiger partial charge in [0, 0.05) is 24.7 Å². The summed E-state index contributed by atoms with van der Waals surface area (Å²) in [5.74, 6) is 4.37. The predicted octanol–water partition coefficient (Wildman–Crippen LogP) is 1.93. The van der Waals surface area contributed by atoms with E-state index in [9.17, 15) is 8.78 Å². The van der Waals surface area contributed by atoms with Crippen LogP contribution in [-0.2, 0) is 13.0 Å². The van der Waals surface area contributed by atoms with Gasteiger partial charge in [-0.1, -0.05) is 6.07 Å². The minimum atomic E-state index is -0.567. The van der Waals surface area contributed by atoms with Crippen molar-refractivity contribution < 1.29 is 8.78 Å². The minimum absolute atomic E-state index is 0.0225. The van der Waals surface area contributed by atoms with Crippen molar-refractivity contribution in [3.05, 3.63) is 53.4 Å². The van der Waals surface area contributed by atoms with Gasteiger partial charge in [-0.05, 0) is 25.1 Å². The molecule has 1 aromatic heterocycles. The van der Waals surface area contributed by atoms with E-state index >= 15 is 0 Å². The molecule has 0 aliphatic heterocycles. The SMILES string of the molecule is CCn1nccc1C(Cc1c(F)cccc1F)NN. The molecule has 3 N–H and O–H groups in total. The first kappa shape index (κ1) is 13.6. The third kappa shape index (κ3) is 2.80. The zero-order chi connectivity index (χ0) is 13.8. The number of aryl methyl sites for hydroxylation is 1. The van der Waals surface area contributed by atoms with E-state index in [0.29, 0.717) is 6.54 Å². The summed E-state index contributed by atoms with van der Waals surface area (Å²) in [5.41, 5.74) is 3.41. The molecule has 1 aromatic carbocycles. The van der Waals surface area contributed by atoms with E-state index in [1.54, 1.807) is 16.9 Å². The molecule has 0 aliphatic carbocycles. The first-order valence-electron chi connectivity index (χ1n) is 6.08. The third-order valence-electron chi connectivity index (χ3n) is 3.08. The summed E-state index contributed by atoms with van der Waals surface area (Å²) < 4.78 is 29.0. The number of rotatable bonds is 5. The Morgan fingerprint density at radius 3 is 2.58 bits per heavy atom. The standard InChI is InChI=1S/C13H16F2N4/c1-2-19-13(6-7-17-19)12(18-16)8-9-10(14)4-3-5-11(9)15/h3-7,12,18H,2,8,16H2,1H3. The topological polar surface area (TPSA) is 55.9 Å². The van der Waals surface area contributed by atoms with E-state index < -0.39 is 17.7 Å². The Bertz CT molecular complexity index is 533. The molecule has 2 rings (SSSR count). The molecule has 6 heteroatoms. The van der Waals surface area contributed by atoms with Gasteiger partial charge in [-0.25, -0.2) is 8.78 Å². The van der Waals surface area contributed by atoms with Crippen LogP contribution in [0.15, 0.2) is 30.5 Å². The highest BCUT2D eigenvalue weighted by Crippen LogP contribution is 2.21. The van der Waals surface area contributed by atoms with Gasteiger partial charge in [0.05, 0.1) is 11.7 Å². The fourth-order valence-corrected chi connectivity index (χ4v) is 2.08. The summed E-state index contributed by atoms with van der Waals surface area (Å²) in [6.07, 6.45) is 1.77. The highest BCUT2D eigenvalue weighted by Gasteiger charge is 2.19. The first-order valence-corrected chi connectivity index (χ1v) is 6.08. The molecule has 0 spiro atoms. The number of hydrogen-bond acceptors (Lipinski definition) is 3. The van der Waals surface area contributed by atoms with Crippen LogP contribution >= 0.6 is 0 Å². The van der Waals surface area contributed by atoms with E-state index in [-0.39, 0.29) is 12.0 Å². The average Bonchev–Trinajstić information content (AvgIpc) is 2.87. The Labute approximate surface area is 110 Å². The van der Waals surface area contributed by atoms with Gasteiger partial charge in [0.25, 0.3) is 0 Å². The number of aromatic nitrogens is 2. The van der Waals surface area contributed by atoms with Crippen molar-refractivity contribution in [3.8, 4) is 0 Å². The van der Waals surface area contributed by atoms with E-state index in [2.05, 4.69) is 10.5 Å². The quantitative estimate of drug-likeness (QED) is 0.642. The zero-order valence-electron chi connectivity index (χ0n) is 10.6. The van der Waals surface area contributed by atoms with Gasteiger partial charge < -0.3 is 0 Å². The molecule has 0 fully saturated rings. The van der Waals surface area contributed by atoms with Gasteiger partial charge in [0.2, 0.25) is 0 Å². The summed E-state index contributed by atoms with van der Waals surface area (Å²) in [4.78, 5) is 0. The number of benzene rings is 1. The maximum absolute atomic E-state index is 13.6. The number of hydrazine groups is 1. The van der Waals surface area contributed by atoms with Crippen LogP contribution in [0.1, 0.15) is 24.2 Å². The Hall–Kier alpha value is -1.79. The van der Waals surface area contributed by atoms with E-state index in [0.717, 1.165) is 5.69 Å². The predicted molar refractivity (Wildman–Crippen MR) is 68.0 cm³/mol. The number of nitrogens with two attached hydrogens (primary N) is 1. The largest absolute Gasteiger partial charge is 0.271 e. The van der Waals surface area contributed by atoms with Gasteiger partial charge in [-0.15, -0.1) is 0 Å². The van der Waals surface area contributed by atoms with Crippen molar-refractivity contribution in [2.24, 2.45) is 5.84 Å². The molecule has 2 aromatic rings. The summed E-state index contributed by atoms with van der Waals surface area (Å²) in [5, 5.41) is 4.12. The zero-order valence-corrected chi connectivity index (χ0v) is 10.6. The summed E-state index contributed by atoms with van der Waals surface area (Å²) >= 11 is 0. The fraction of sp³-hybridized carbons (Fsp3) is 0.308. The second-order valence-electron chi connectivity index (χ2n) is 4.20. The minimum Gasteiger partial charge on any atom is -0.271 e. The first-order chi connectivity index (χ1) is 9.17. The summed E-state index contributed by atoms with van der Waals surface area (Å²) in [7, 11) is 0. The molecule has 0 bridgehead atoms. The lowest BCUT2D eigenvalue weighted by Gasteiger charge is -2.18. The lowest BCUT2D eigenvalue weighted by molar-refractivity contribution is 0.466. The Kier molecular flexibility index (Phi) is 4.24. The van der Waals surface area contributed by atoms with Crippen LogP contribution in [0.4, 0.5) is 8.78 Å². The van der Waals surface area contributed by atoms with Gasteiger partial charge in [-0.3, -0.25) is 16.0 Å². The average molecular weight is 266 g/mol. The van der Waals surface area contributed by atoms with Crippen molar-refractivity contribution >= 4 is 0 Å². The van der Waals surface area contributed by atoms with Crippen LogP contribution in [0.3, 0.4) is 0 Å². The number of halogens is 2. The molecule has 4 nitrogen and oxygen atoms in total. The Balaban J connectivity index is 2.29. The number of hydrogen-bond donors (Lipinski definition) is 2. The van der Waals surface area contributed by atoms with Crippen LogP contribution in [0, 0.1) is 11.6 Å². The number of nitrogens with zero attached hydrogens (tertiary/aromatic N) is 2. The molecule has 0 saturated heterocycles. The highest BCUT2D eigenvalue weighted by atomic mass is 19.1. The van der Waals surface area contributed by atoms with Gasteiger partial charge in [0.15, 0.2) is 0 Å². The smallest absolute Gasteiger partial charge is 0.129 e. The van der Waals surface area contributed by atoms with Gasteiger partial charge in [-0.2, -0.15) is 5.10 Å². The Morgan fingerprint density at radius 2 is 2.00 bits per heavy atom. The van der Waals surface area contributed by atoms with Crippen LogP contribution in [0.2, 0.25) is 0 Å². The molecule has 0 radical (unpaired) electrons. The maximum Gasteiger partial charge on any atom is 0.129 e. The van der Waals surface area contributed by atoms with Crippen molar-refractivity contribution in [2.45, 2.75) is 25.9 Å². The van der Waals surface area contributed by atoms with Gasteiger partial charge in [0.1, 0.15) is 11.6 Å². The molecule has 1 unspecified atom stereocenters. The van der Waals surface area contributed by atoms with Crippen LogP contribution < -0.4 is 11.3 Å². The molecule has 102 valence electrons. The van der Waals surface area contributed by atoms with E-state index in [1.807, 2.05) is 6.92 Å². The van der Waals surface area contributed by atoms with Crippen LogP contribution in [-0.4, -0.2) is 9.78 Å². The maximum atomic E-state index is 13.6. The van der Waals surface area contributed by atoms with Crippen LogP contribution in [0.5, 0.6) is 0 Å². The molecular weight excluding hydrogens is 250 g/mol. The fourth-order valence-electron chi connectivity index (χ4n) is 2.08. The van der Waals surface area contributed by atoms with Crippen molar-refractivity contribution in [1.29, 1.82) is 0 Å². The second kappa shape index (κ2) is 5.90. The monoisotopic (exact) mass is 266 g/mol. The summed E-state index contributed by atoms with van der Waals surface area (Å²) in [6, 6.07) is 5.21. The third-order valence-corrected chi connectivity index (χ3v) is 3.08. The van der Waals surface area contributed by atoms with Crippen molar-refractivity contribution in [2.75, 3.05) is 0 Å². The molecular formula is C13H16F2N4. The molecule has 1 heterocycles. The summed E-state index contributed by atoms with van der Waals surface area (Å²) in [6.45, 7) is 2.61. The molecule has 0 aliphatic rings. The normalized spacial score (nSPS) is 12.6. The van der Waals surface area contributed by atoms with Crippen molar-refractivity contribution in [1.82, 2.24) is 15.2 Å². The van der Waals surface area contributed by atoms with Gasteiger partial charge >= 0.3 is 0 Å². The highest BCUT2D eigenvalue weighted by molar-refractivity contribution is 5.22. The molecule has 19 heavy (non-hydrogen) atoms. The number of nitrogens with one attached hydrogen (secondary N) is 1. The van der Waals surface area contributed by atoms with E-state index in [4.69, 9.17) is 5.84 Å². The lowest BCUT2D eigenvalue weighted by Crippen LogP contribution is -2.31. The molecule has 0 saturated carbocycles. The van der Waals surface area contributed by atoms with Crippen molar-refractivity contribution in [3.63, 3.8) is 0 Å². The second-order valence-corrected chi connectivity index (χ2v) is 4.20. The Morgan fingerprint density at radius 1 is 1.32 bits per heavy atom. The molecule has 0 amide bonds. The van der Waals surface area contributed by atoms with E-state index in [1.165, 1.54) is 18.2 Å². The van der Waals surface area contributed by atoms with Crippen LogP contribution in [0.25, 0.3) is 0 Å². The molecule has 1 atom stereocenters. The lowest BCUT2D eigenvalue weighted by atomic mass is 10.0.